The summed E-state index contributed by atoms with van der Waals surface area (Å²) in [5.74, 6) is 0.796. The third kappa shape index (κ3) is 2.24. The first-order chi connectivity index (χ1) is 9.21. The van der Waals surface area contributed by atoms with E-state index >= 15 is 0 Å². The van der Waals surface area contributed by atoms with Crippen molar-refractivity contribution in [2.75, 3.05) is 7.11 Å². The second-order valence-electron chi connectivity index (χ2n) is 5.21. The molecule has 2 nitrogen and oxygen atoms in total. The number of aryl methyl sites for hydroxylation is 1. The van der Waals surface area contributed by atoms with Crippen molar-refractivity contribution in [1.82, 2.24) is 0 Å². The van der Waals surface area contributed by atoms with E-state index in [0.717, 1.165) is 24.2 Å². The maximum absolute atomic E-state index is 11.0. The molecule has 0 fully saturated rings. The summed E-state index contributed by atoms with van der Waals surface area (Å²) in [6, 6.07) is 16.1. The van der Waals surface area contributed by atoms with E-state index in [1.165, 1.54) is 11.1 Å². The number of ether oxygens (including phenoxy) is 1. The zero-order valence-corrected chi connectivity index (χ0v) is 11.1. The molecule has 0 saturated heterocycles. The van der Waals surface area contributed by atoms with Gasteiger partial charge in [-0.25, -0.2) is 0 Å². The van der Waals surface area contributed by atoms with Gasteiger partial charge in [0.2, 0.25) is 0 Å². The minimum Gasteiger partial charge on any atom is -0.497 e. The molecule has 1 atom stereocenters. The molecule has 0 amide bonds. The Balaban J connectivity index is 1.96. The number of hydrogen-bond donors (Lipinski definition) is 1. The fraction of sp³-hybridized carbons (Fsp3) is 0.294. The van der Waals surface area contributed by atoms with E-state index in [9.17, 15) is 5.11 Å². The maximum atomic E-state index is 11.0. The monoisotopic (exact) mass is 254 g/mol. The van der Waals surface area contributed by atoms with E-state index in [2.05, 4.69) is 18.2 Å². The van der Waals surface area contributed by atoms with Crippen LogP contribution in [-0.2, 0) is 18.4 Å². The van der Waals surface area contributed by atoms with Crippen LogP contribution in [-0.4, -0.2) is 12.2 Å². The summed E-state index contributed by atoms with van der Waals surface area (Å²) < 4.78 is 5.25. The van der Waals surface area contributed by atoms with Gasteiger partial charge in [0.1, 0.15) is 5.75 Å². The lowest BCUT2D eigenvalue weighted by Gasteiger charge is -2.34. The molecule has 0 heterocycles. The van der Waals surface area contributed by atoms with Gasteiger partial charge >= 0.3 is 0 Å². The molecule has 0 bridgehead atoms. The first-order valence-corrected chi connectivity index (χ1v) is 6.65. The van der Waals surface area contributed by atoms with Crippen molar-refractivity contribution in [2.24, 2.45) is 0 Å². The number of benzene rings is 2. The topological polar surface area (TPSA) is 29.5 Å². The average molecular weight is 254 g/mol. The molecule has 2 aromatic carbocycles. The van der Waals surface area contributed by atoms with Gasteiger partial charge in [0.15, 0.2) is 0 Å². The van der Waals surface area contributed by atoms with Crippen molar-refractivity contribution >= 4 is 0 Å². The predicted molar refractivity (Wildman–Crippen MR) is 75.4 cm³/mol. The van der Waals surface area contributed by atoms with Crippen LogP contribution in [0.15, 0.2) is 48.5 Å². The second kappa shape index (κ2) is 4.71. The van der Waals surface area contributed by atoms with E-state index in [1.54, 1.807) is 7.11 Å². The highest BCUT2D eigenvalue weighted by Crippen LogP contribution is 2.37. The standard InChI is InChI=1S/C17H18O2/c1-19-16-8-4-7-15(11-16)17(18)10-9-13-5-2-3-6-14(13)12-17/h2-8,11,18H,9-10,12H2,1H3. The minimum atomic E-state index is -0.775. The van der Waals surface area contributed by atoms with Gasteiger partial charge in [-0.15, -0.1) is 0 Å². The molecule has 2 heteroatoms. The van der Waals surface area contributed by atoms with E-state index in [0.29, 0.717) is 6.42 Å². The number of rotatable bonds is 2. The number of aliphatic hydroxyl groups is 1. The fourth-order valence-corrected chi connectivity index (χ4v) is 2.88. The highest BCUT2D eigenvalue weighted by Gasteiger charge is 2.33. The normalized spacial score (nSPS) is 21.8. The van der Waals surface area contributed by atoms with E-state index in [4.69, 9.17) is 4.74 Å². The van der Waals surface area contributed by atoms with Gasteiger partial charge < -0.3 is 9.84 Å². The minimum absolute atomic E-state index is 0.677. The van der Waals surface area contributed by atoms with Gasteiger partial charge in [-0.3, -0.25) is 0 Å². The summed E-state index contributed by atoms with van der Waals surface area (Å²) in [5.41, 5.74) is 2.78. The smallest absolute Gasteiger partial charge is 0.119 e. The summed E-state index contributed by atoms with van der Waals surface area (Å²) in [6.45, 7) is 0. The molecule has 0 radical (unpaired) electrons. The Morgan fingerprint density at radius 2 is 1.84 bits per heavy atom. The Morgan fingerprint density at radius 3 is 2.63 bits per heavy atom. The van der Waals surface area contributed by atoms with Crippen LogP contribution in [0, 0.1) is 0 Å². The third-order valence-corrected chi connectivity index (χ3v) is 4.02. The van der Waals surface area contributed by atoms with Gasteiger partial charge in [-0.05, 0) is 41.7 Å². The van der Waals surface area contributed by atoms with Crippen LogP contribution in [0.25, 0.3) is 0 Å². The molecule has 2 aromatic rings. The van der Waals surface area contributed by atoms with Gasteiger partial charge in [-0.2, -0.15) is 0 Å². The van der Waals surface area contributed by atoms with Crippen LogP contribution in [0.4, 0.5) is 0 Å². The molecule has 1 unspecified atom stereocenters. The molecule has 0 spiro atoms. The second-order valence-corrected chi connectivity index (χ2v) is 5.21. The predicted octanol–water partition coefficient (Wildman–Crippen LogP) is 3.07. The Morgan fingerprint density at radius 1 is 1.05 bits per heavy atom. The van der Waals surface area contributed by atoms with Crippen molar-refractivity contribution < 1.29 is 9.84 Å². The number of fused-ring (bicyclic) bond motifs is 1. The fourth-order valence-electron chi connectivity index (χ4n) is 2.88. The lowest BCUT2D eigenvalue weighted by atomic mass is 9.76. The molecule has 0 aromatic heterocycles. The summed E-state index contributed by atoms with van der Waals surface area (Å²) in [7, 11) is 1.65. The summed E-state index contributed by atoms with van der Waals surface area (Å²) >= 11 is 0. The van der Waals surface area contributed by atoms with Gasteiger partial charge in [0, 0.05) is 6.42 Å². The lowest BCUT2D eigenvalue weighted by Crippen LogP contribution is -2.33. The van der Waals surface area contributed by atoms with Crippen LogP contribution < -0.4 is 4.74 Å². The molecule has 98 valence electrons. The quantitative estimate of drug-likeness (QED) is 0.892. The SMILES string of the molecule is COc1cccc(C2(O)CCc3ccccc3C2)c1. The van der Waals surface area contributed by atoms with Crippen LogP contribution in [0.1, 0.15) is 23.1 Å². The van der Waals surface area contributed by atoms with Gasteiger partial charge in [0.25, 0.3) is 0 Å². The molecule has 1 aliphatic carbocycles. The molecule has 1 N–H and O–H groups in total. The molecule has 0 saturated carbocycles. The van der Waals surface area contributed by atoms with E-state index in [1.807, 2.05) is 30.3 Å². The average Bonchev–Trinajstić information content (AvgIpc) is 2.47. The van der Waals surface area contributed by atoms with Crippen LogP contribution >= 0.6 is 0 Å². The highest BCUT2D eigenvalue weighted by atomic mass is 16.5. The zero-order valence-electron chi connectivity index (χ0n) is 11.1. The van der Waals surface area contributed by atoms with Crippen LogP contribution in [0.2, 0.25) is 0 Å². The Labute approximate surface area is 113 Å². The van der Waals surface area contributed by atoms with Gasteiger partial charge in [0.05, 0.1) is 12.7 Å². The molecular weight excluding hydrogens is 236 g/mol. The molecular formula is C17H18O2. The Bertz CT molecular complexity index is 591. The van der Waals surface area contributed by atoms with E-state index in [-0.39, 0.29) is 0 Å². The van der Waals surface area contributed by atoms with E-state index < -0.39 is 5.60 Å². The van der Waals surface area contributed by atoms with Crippen molar-refractivity contribution in [3.05, 3.63) is 65.2 Å². The molecule has 0 aliphatic heterocycles. The third-order valence-electron chi connectivity index (χ3n) is 4.02. The highest BCUT2D eigenvalue weighted by molar-refractivity contribution is 5.38. The Hall–Kier alpha value is -1.80. The number of methoxy groups -OCH3 is 1. The summed E-state index contributed by atoms with van der Waals surface area (Å²) in [4.78, 5) is 0. The largest absolute Gasteiger partial charge is 0.497 e. The molecule has 3 rings (SSSR count). The Kier molecular flexibility index (Phi) is 3.03. The molecule has 1 aliphatic rings. The molecule has 19 heavy (non-hydrogen) atoms. The number of hydrogen-bond acceptors (Lipinski definition) is 2. The van der Waals surface area contributed by atoms with Crippen LogP contribution in [0.3, 0.4) is 0 Å². The first-order valence-electron chi connectivity index (χ1n) is 6.65. The summed E-state index contributed by atoms with van der Waals surface area (Å²) in [6.07, 6.45) is 2.36. The van der Waals surface area contributed by atoms with Gasteiger partial charge in [-0.1, -0.05) is 36.4 Å². The van der Waals surface area contributed by atoms with Crippen molar-refractivity contribution in [2.45, 2.75) is 24.9 Å². The first kappa shape index (κ1) is 12.2. The zero-order chi connectivity index (χ0) is 13.3. The lowest BCUT2D eigenvalue weighted by molar-refractivity contribution is 0.0221. The maximum Gasteiger partial charge on any atom is 0.119 e. The van der Waals surface area contributed by atoms with Crippen LogP contribution in [0.5, 0.6) is 5.75 Å². The van der Waals surface area contributed by atoms with Crippen molar-refractivity contribution in [3.8, 4) is 5.75 Å². The van der Waals surface area contributed by atoms with Crippen molar-refractivity contribution in [1.29, 1.82) is 0 Å². The van der Waals surface area contributed by atoms with Crippen molar-refractivity contribution in [3.63, 3.8) is 0 Å². The summed E-state index contributed by atoms with van der Waals surface area (Å²) in [5, 5.41) is 11.0.